The van der Waals surface area contributed by atoms with E-state index in [-0.39, 0.29) is 0 Å². The number of allylic oxidation sites excluding steroid dienone is 5. The van der Waals surface area contributed by atoms with E-state index in [0.717, 1.165) is 64.2 Å². The number of aromatic nitrogens is 1. The predicted octanol–water partition coefficient (Wildman–Crippen LogP) is 5.63. The average molecular weight is 506 g/mol. The lowest BCUT2D eigenvalue weighted by atomic mass is 9.98. The number of fused-ring (bicyclic) bond motifs is 1. The number of nitrogens with zero attached hydrogens (tertiary/aromatic N) is 4. The zero-order chi connectivity index (χ0) is 25.0. The quantitative estimate of drug-likeness (QED) is 0.498. The highest BCUT2D eigenvalue weighted by molar-refractivity contribution is 7.15. The third-order valence-corrected chi connectivity index (χ3v) is 8.59. The van der Waals surface area contributed by atoms with Gasteiger partial charge in [0.15, 0.2) is 0 Å². The molecule has 0 unspecified atom stereocenters. The number of piperazine rings is 1. The van der Waals surface area contributed by atoms with Gasteiger partial charge in [-0.25, -0.2) is 0 Å². The standard InChI is InChI=1S/C31H31N5S/c32-20-23-8-10-24(11-9-23)30-19-26-17-25-18-28(35-15-13-33-14-16-35)6-1-2-7-29(25)36(22-31(26)37-30)21-27-5-3-4-12-34-27/h1,3-6,8-12,18-19,33H,2,7,13-17,21-22H2/b6-1-,28-18+. The fourth-order valence-corrected chi connectivity index (χ4v) is 6.65. The van der Waals surface area contributed by atoms with Crippen LogP contribution in [0, 0.1) is 11.3 Å². The summed E-state index contributed by atoms with van der Waals surface area (Å²) in [6, 6.07) is 18.8. The zero-order valence-corrected chi connectivity index (χ0v) is 21.8. The first-order valence-electron chi connectivity index (χ1n) is 13.1. The van der Waals surface area contributed by atoms with Crippen LogP contribution in [0.5, 0.6) is 0 Å². The second-order valence-corrected chi connectivity index (χ2v) is 11.0. The van der Waals surface area contributed by atoms with E-state index < -0.39 is 0 Å². The molecule has 0 radical (unpaired) electrons. The van der Waals surface area contributed by atoms with E-state index in [1.54, 1.807) is 0 Å². The predicted molar refractivity (Wildman–Crippen MR) is 150 cm³/mol. The second kappa shape index (κ2) is 10.8. The molecule has 3 aliphatic rings. The van der Waals surface area contributed by atoms with Gasteiger partial charge in [-0.1, -0.05) is 24.3 Å². The van der Waals surface area contributed by atoms with Gasteiger partial charge in [0.25, 0.3) is 0 Å². The van der Waals surface area contributed by atoms with Crippen LogP contribution >= 0.6 is 11.3 Å². The van der Waals surface area contributed by atoms with Crippen LogP contribution in [-0.4, -0.2) is 41.0 Å². The van der Waals surface area contributed by atoms with Gasteiger partial charge in [0, 0.05) is 59.9 Å². The van der Waals surface area contributed by atoms with E-state index in [9.17, 15) is 5.26 Å². The molecule has 6 heteroatoms. The van der Waals surface area contributed by atoms with Crippen molar-refractivity contribution in [2.75, 3.05) is 26.2 Å². The topological polar surface area (TPSA) is 55.2 Å². The molecule has 4 heterocycles. The number of hydrogen-bond acceptors (Lipinski definition) is 6. The third-order valence-electron chi connectivity index (χ3n) is 7.38. The normalized spacial score (nSPS) is 20.0. The van der Waals surface area contributed by atoms with Crippen LogP contribution in [0.15, 0.2) is 89.9 Å². The van der Waals surface area contributed by atoms with Gasteiger partial charge in [-0.2, -0.15) is 5.26 Å². The molecule has 5 nitrogen and oxygen atoms in total. The van der Waals surface area contributed by atoms with Crippen molar-refractivity contribution in [1.82, 2.24) is 20.1 Å². The van der Waals surface area contributed by atoms with E-state index >= 15 is 0 Å². The number of pyridine rings is 1. The lowest BCUT2D eigenvalue weighted by Crippen LogP contribution is -2.42. The maximum Gasteiger partial charge on any atom is 0.0991 e. The molecule has 2 aliphatic heterocycles. The first-order chi connectivity index (χ1) is 18.3. The second-order valence-electron chi connectivity index (χ2n) is 9.82. The molecule has 2 aromatic heterocycles. The fourth-order valence-electron chi connectivity index (χ4n) is 5.44. The Morgan fingerprint density at radius 1 is 1.08 bits per heavy atom. The van der Waals surface area contributed by atoms with Gasteiger partial charge in [-0.05, 0) is 72.0 Å². The highest BCUT2D eigenvalue weighted by atomic mass is 32.1. The number of hydrogen-bond donors (Lipinski definition) is 1. The highest BCUT2D eigenvalue weighted by Crippen LogP contribution is 2.39. The Labute approximate surface area is 223 Å². The lowest BCUT2D eigenvalue weighted by molar-refractivity contribution is 0.304. The van der Waals surface area contributed by atoms with Gasteiger partial charge in [-0.15, -0.1) is 11.3 Å². The number of nitriles is 1. The summed E-state index contributed by atoms with van der Waals surface area (Å²) in [6.45, 7) is 5.86. The van der Waals surface area contributed by atoms with Crippen molar-refractivity contribution >= 4 is 11.3 Å². The van der Waals surface area contributed by atoms with Gasteiger partial charge >= 0.3 is 0 Å². The van der Waals surface area contributed by atoms with Gasteiger partial charge in [0.1, 0.15) is 0 Å². The van der Waals surface area contributed by atoms with Gasteiger partial charge in [0.05, 0.1) is 30.4 Å². The zero-order valence-electron chi connectivity index (χ0n) is 21.0. The van der Waals surface area contributed by atoms with Crippen molar-refractivity contribution in [3.63, 3.8) is 0 Å². The first kappa shape index (κ1) is 23.7. The van der Waals surface area contributed by atoms with Crippen LogP contribution < -0.4 is 5.32 Å². The molecule has 3 aromatic rings. The van der Waals surface area contributed by atoms with Crippen molar-refractivity contribution in [3.8, 4) is 16.5 Å². The van der Waals surface area contributed by atoms with Crippen LogP contribution in [0.3, 0.4) is 0 Å². The number of nitrogens with one attached hydrogen (secondary N) is 1. The summed E-state index contributed by atoms with van der Waals surface area (Å²) in [7, 11) is 0. The van der Waals surface area contributed by atoms with E-state index in [2.05, 4.69) is 74.7 Å². The summed E-state index contributed by atoms with van der Waals surface area (Å²) in [5, 5.41) is 12.7. The van der Waals surface area contributed by atoms with Crippen molar-refractivity contribution in [3.05, 3.63) is 112 Å². The van der Waals surface area contributed by atoms with E-state index in [1.165, 1.54) is 37.8 Å². The molecule has 6 rings (SSSR count). The Bertz CT molecular complexity index is 1390. The van der Waals surface area contributed by atoms with Gasteiger partial charge in [0.2, 0.25) is 0 Å². The summed E-state index contributed by atoms with van der Waals surface area (Å²) < 4.78 is 0. The van der Waals surface area contributed by atoms with Crippen LogP contribution in [-0.2, 0) is 19.5 Å². The lowest BCUT2D eigenvalue weighted by Gasteiger charge is -2.32. The summed E-state index contributed by atoms with van der Waals surface area (Å²) in [5.74, 6) is 0. The Morgan fingerprint density at radius 2 is 1.95 bits per heavy atom. The van der Waals surface area contributed by atoms with Crippen molar-refractivity contribution < 1.29 is 0 Å². The van der Waals surface area contributed by atoms with Crippen LogP contribution in [0.25, 0.3) is 10.4 Å². The molecule has 1 N–H and O–H groups in total. The van der Waals surface area contributed by atoms with Crippen molar-refractivity contribution in [2.24, 2.45) is 0 Å². The Kier molecular flexibility index (Phi) is 6.90. The third kappa shape index (κ3) is 5.24. The molecule has 186 valence electrons. The number of rotatable bonds is 4. The van der Waals surface area contributed by atoms with Gasteiger partial charge < -0.3 is 15.1 Å². The summed E-state index contributed by atoms with van der Waals surface area (Å²) in [4.78, 5) is 12.4. The Balaban J connectivity index is 1.41. The SMILES string of the molecule is N#Cc1ccc(-c2cc3c(s2)CN(Cc2ccccn2)C2=C(/C=C(N4CCNCC4)\C=C/CC2)C3)cc1. The molecule has 0 spiro atoms. The molecule has 1 saturated heterocycles. The molecule has 1 fully saturated rings. The van der Waals surface area contributed by atoms with E-state index in [0.29, 0.717) is 5.56 Å². The average Bonchev–Trinajstić information content (AvgIpc) is 3.28. The number of thiophene rings is 1. The molecule has 0 amide bonds. The summed E-state index contributed by atoms with van der Waals surface area (Å²) in [6.07, 6.45) is 12.1. The molecule has 37 heavy (non-hydrogen) atoms. The minimum atomic E-state index is 0.700. The number of benzene rings is 1. The summed E-state index contributed by atoms with van der Waals surface area (Å²) in [5.41, 5.74) is 8.61. The molecular formula is C31H31N5S. The minimum Gasteiger partial charge on any atom is -0.369 e. The molecule has 1 aliphatic carbocycles. The van der Waals surface area contributed by atoms with Crippen molar-refractivity contribution in [2.45, 2.75) is 32.4 Å². The molecule has 0 saturated carbocycles. The maximum atomic E-state index is 9.20. The molecule has 0 atom stereocenters. The summed E-state index contributed by atoms with van der Waals surface area (Å²) >= 11 is 1.89. The molecule has 1 aromatic carbocycles. The van der Waals surface area contributed by atoms with Gasteiger partial charge in [-0.3, -0.25) is 4.98 Å². The van der Waals surface area contributed by atoms with Crippen LogP contribution in [0.2, 0.25) is 0 Å². The monoisotopic (exact) mass is 505 g/mol. The molecule has 0 bridgehead atoms. The highest BCUT2D eigenvalue weighted by Gasteiger charge is 2.25. The largest absolute Gasteiger partial charge is 0.369 e. The first-order valence-corrected chi connectivity index (χ1v) is 13.9. The minimum absolute atomic E-state index is 0.700. The Morgan fingerprint density at radius 3 is 2.73 bits per heavy atom. The molecular weight excluding hydrogens is 474 g/mol. The Hall–Kier alpha value is -3.66. The van der Waals surface area contributed by atoms with Crippen LogP contribution in [0.4, 0.5) is 0 Å². The van der Waals surface area contributed by atoms with Crippen LogP contribution in [0.1, 0.15) is 34.5 Å². The smallest absolute Gasteiger partial charge is 0.0991 e. The van der Waals surface area contributed by atoms with E-state index in [4.69, 9.17) is 0 Å². The maximum absolute atomic E-state index is 9.20. The van der Waals surface area contributed by atoms with E-state index in [1.807, 2.05) is 35.7 Å². The van der Waals surface area contributed by atoms with Crippen molar-refractivity contribution in [1.29, 1.82) is 5.26 Å². The fraction of sp³-hybridized carbons (Fsp3) is 0.290.